The second-order valence-corrected chi connectivity index (χ2v) is 3.01. The summed E-state index contributed by atoms with van der Waals surface area (Å²) in [5, 5.41) is 0. The second kappa shape index (κ2) is 4.45. The zero-order valence-electron chi connectivity index (χ0n) is 6.56. The molecular weight excluding hydrogens is 178 g/mol. The maximum atomic E-state index is 12.9. The van der Waals surface area contributed by atoms with Gasteiger partial charge in [-0.2, -0.15) is 12.6 Å². The van der Waals surface area contributed by atoms with Crippen LogP contribution in [0.1, 0.15) is 12.0 Å². The monoisotopic (exact) mass is 188 g/mol. The average Bonchev–Trinajstić information content (AvgIpc) is 2.03. The standard InChI is InChI=1S/C9H10F2S/c10-8-4-3-7(2-1-5-12)9(11)6-8/h3-4,6,12H,1-2,5H2. The summed E-state index contributed by atoms with van der Waals surface area (Å²) in [7, 11) is 0. The third kappa shape index (κ3) is 2.48. The summed E-state index contributed by atoms with van der Waals surface area (Å²) in [5.41, 5.74) is 0.561. The van der Waals surface area contributed by atoms with Gasteiger partial charge in [0.25, 0.3) is 0 Å². The second-order valence-electron chi connectivity index (χ2n) is 2.56. The zero-order chi connectivity index (χ0) is 8.97. The van der Waals surface area contributed by atoms with Crippen molar-refractivity contribution in [2.24, 2.45) is 0 Å². The molecule has 0 bridgehead atoms. The van der Waals surface area contributed by atoms with Crippen molar-refractivity contribution in [1.29, 1.82) is 0 Å². The largest absolute Gasteiger partial charge is 0.207 e. The van der Waals surface area contributed by atoms with Gasteiger partial charge in [0.05, 0.1) is 0 Å². The van der Waals surface area contributed by atoms with Crippen molar-refractivity contribution in [3.8, 4) is 0 Å². The van der Waals surface area contributed by atoms with Gasteiger partial charge < -0.3 is 0 Å². The van der Waals surface area contributed by atoms with Gasteiger partial charge >= 0.3 is 0 Å². The average molecular weight is 188 g/mol. The van der Waals surface area contributed by atoms with Crippen molar-refractivity contribution >= 4 is 12.6 Å². The molecule has 0 amide bonds. The molecule has 0 unspecified atom stereocenters. The molecule has 0 atom stereocenters. The SMILES string of the molecule is Fc1ccc(CCCS)c(F)c1. The number of hydrogen-bond donors (Lipinski definition) is 1. The molecule has 12 heavy (non-hydrogen) atoms. The summed E-state index contributed by atoms with van der Waals surface area (Å²) in [6, 6.07) is 3.67. The van der Waals surface area contributed by atoms with Crippen LogP contribution in [0.15, 0.2) is 18.2 Å². The van der Waals surface area contributed by atoms with Gasteiger partial charge in [-0.15, -0.1) is 0 Å². The van der Waals surface area contributed by atoms with Crippen molar-refractivity contribution in [2.45, 2.75) is 12.8 Å². The molecule has 0 radical (unpaired) electrons. The van der Waals surface area contributed by atoms with Crippen LogP contribution in [0.3, 0.4) is 0 Å². The van der Waals surface area contributed by atoms with Crippen LogP contribution >= 0.6 is 12.6 Å². The van der Waals surface area contributed by atoms with Crippen LogP contribution in [-0.2, 0) is 6.42 Å². The Morgan fingerprint density at radius 2 is 2.00 bits per heavy atom. The fraction of sp³-hybridized carbons (Fsp3) is 0.333. The molecule has 1 rings (SSSR count). The Morgan fingerprint density at radius 3 is 2.58 bits per heavy atom. The lowest BCUT2D eigenvalue weighted by Gasteiger charge is -2.00. The van der Waals surface area contributed by atoms with Crippen LogP contribution in [-0.4, -0.2) is 5.75 Å². The van der Waals surface area contributed by atoms with Gasteiger partial charge in [-0.25, -0.2) is 8.78 Å². The minimum Gasteiger partial charge on any atom is -0.207 e. The van der Waals surface area contributed by atoms with Gasteiger partial charge in [0.15, 0.2) is 0 Å². The molecule has 0 fully saturated rings. The number of hydrogen-bond acceptors (Lipinski definition) is 1. The maximum absolute atomic E-state index is 12.9. The van der Waals surface area contributed by atoms with E-state index in [0.717, 1.165) is 18.2 Å². The molecule has 1 aromatic rings. The number of benzene rings is 1. The molecule has 0 aliphatic rings. The van der Waals surface area contributed by atoms with E-state index in [4.69, 9.17) is 0 Å². The summed E-state index contributed by atoms with van der Waals surface area (Å²) in [6.45, 7) is 0. The molecule has 0 spiro atoms. The third-order valence-corrected chi connectivity index (χ3v) is 1.94. The summed E-state index contributed by atoms with van der Waals surface area (Å²) in [5.74, 6) is -0.268. The third-order valence-electron chi connectivity index (χ3n) is 1.62. The summed E-state index contributed by atoms with van der Waals surface area (Å²) < 4.78 is 25.3. The first kappa shape index (κ1) is 9.52. The normalized spacial score (nSPS) is 10.2. The molecule has 0 saturated heterocycles. The molecule has 0 nitrogen and oxygen atoms in total. The van der Waals surface area contributed by atoms with Crippen LogP contribution in [0, 0.1) is 11.6 Å². The van der Waals surface area contributed by atoms with Crippen molar-refractivity contribution in [3.63, 3.8) is 0 Å². The molecule has 66 valence electrons. The Morgan fingerprint density at radius 1 is 1.25 bits per heavy atom. The van der Waals surface area contributed by atoms with E-state index in [2.05, 4.69) is 12.6 Å². The number of thiol groups is 1. The molecule has 0 aliphatic carbocycles. The van der Waals surface area contributed by atoms with Gasteiger partial charge in [-0.1, -0.05) is 6.07 Å². The van der Waals surface area contributed by atoms with E-state index in [1.54, 1.807) is 0 Å². The predicted molar refractivity (Wildman–Crippen MR) is 48.5 cm³/mol. The van der Waals surface area contributed by atoms with E-state index in [1.807, 2.05) is 0 Å². The Kier molecular flexibility index (Phi) is 3.53. The van der Waals surface area contributed by atoms with Crippen LogP contribution in [0.2, 0.25) is 0 Å². The van der Waals surface area contributed by atoms with Gasteiger partial charge in [-0.3, -0.25) is 0 Å². The lowest BCUT2D eigenvalue weighted by Crippen LogP contribution is -1.92. The van der Waals surface area contributed by atoms with Gasteiger partial charge in [0.2, 0.25) is 0 Å². The lowest BCUT2D eigenvalue weighted by molar-refractivity contribution is 0.571. The first-order chi connectivity index (χ1) is 5.74. The van der Waals surface area contributed by atoms with Crippen LogP contribution < -0.4 is 0 Å². The molecular formula is C9H10F2S. The highest BCUT2D eigenvalue weighted by Crippen LogP contribution is 2.11. The van der Waals surface area contributed by atoms with E-state index in [-0.39, 0.29) is 0 Å². The Balaban J connectivity index is 2.72. The van der Waals surface area contributed by atoms with Gasteiger partial charge in [0.1, 0.15) is 11.6 Å². The number of rotatable bonds is 3. The first-order valence-electron chi connectivity index (χ1n) is 3.79. The van der Waals surface area contributed by atoms with Crippen molar-refractivity contribution in [1.82, 2.24) is 0 Å². The number of aryl methyl sites for hydroxylation is 1. The predicted octanol–water partition coefficient (Wildman–Crippen LogP) is 2.83. The fourth-order valence-electron chi connectivity index (χ4n) is 0.994. The molecule has 0 N–H and O–H groups in total. The quantitative estimate of drug-likeness (QED) is 0.693. The smallest absolute Gasteiger partial charge is 0.129 e. The molecule has 0 saturated carbocycles. The fourth-order valence-corrected chi connectivity index (χ4v) is 1.15. The van der Waals surface area contributed by atoms with Gasteiger partial charge in [-0.05, 0) is 30.2 Å². The van der Waals surface area contributed by atoms with Crippen LogP contribution in [0.4, 0.5) is 8.78 Å². The molecule has 0 aromatic heterocycles. The van der Waals surface area contributed by atoms with Crippen molar-refractivity contribution in [3.05, 3.63) is 35.4 Å². The summed E-state index contributed by atoms with van der Waals surface area (Å²) in [6.07, 6.45) is 1.43. The Hall–Kier alpha value is -0.570. The molecule has 1 aromatic carbocycles. The van der Waals surface area contributed by atoms with E-state index in [0.29, 0.717) is 12.0 Å². The minimum atomic E-state index is -0.526. The topological polar surface area (TPSA) is 0 Å². The molecule has 0 heterocycles. The highest BCUT2D eigenvalue weighted by molar-refractivity contribution is 7.80. The molecule has 0 aliphatic heterocycles. The van der Waals surface area contributed by atoms with Crippen LogP contribution in [0.25, 0.3) is 0 Å². The van der Waals surface area contributed by atoms with Gasteiger partial charge in [0, 0.05) is 6.07 Å². The zero-order valence-corrected chi connectivity index (χ0v) is 7.45. The van der Waals surface area contributed by atoms with Crippen LogP contribution in [0.5, 0.6) is 0 Å². The van der Waals surface area contributed by atoms with E-state index in [9.17, 15) is 8.78 Å². The van der Waals surface area contributed by atoms with E-state index in [1.165, 1.54) is 12.1 Å². The van der Waals surface area contributed by atoms with E-state index < -0.39 is 11.6 Å². The summed E-state index contributed by atoms with van der Waals surface area (Å²) in [4.78, 5) is 0. The highest BCUT2D eigenvalue weighted by atomic mass is 32.1. The highest BCUT2D eigenvalue weighted by Gasteiger charge is 2.01. The lowest BCUT2D eigenvalue weighted by atomic mass is 10.1. The first-order valence-corrected chi connectivity index (χ1v) is 4.42. The molecule has 3 heteroatoms. The Labute approximate surface area is 76.0 Å². The minimum absolute atomic E-state index is 0.461. The van der Waals surface area contributed by atoms with Crippen molar-refractivity contribution in [2.75, 3.05) is 5.75 Å². The maximum Gasteiger partial charge on any atom is 0.129 e. The van der Waals surface area contributed by atoms with Crippen molar-refractivity contribution < 1.29 is 8.78 Å². The van der Waals surface area contributed by atoms with E-state index >= 15 is 0 Å². The summed E-state index contributed by atoms with van der Waals surface area (Å²) >= 11 is 4.01. The number of halogens is 2. The Bertz CT molecular complexity index is 261.